The maximum atomic E-state index is 12.3. The largest absolute Gasteiger partial charge is 0.326 e. The summed E-state index contributed by atoms with van der Waals surface area (Å²) in [7, 11) is 0. The first kappa shape index (κ1) is 14.9. The second-order valence-electron chi connectivity index (χ2n) is 5.35. The number of carbonyl (C=O) groups is 1. The van der Waals surface area contributed by atoms with Crippen LogP contribution in [0.5, 0.6) is 0 Å². The lowest BCUT2D eigenvalue weighted by Crippen LogP contribution is -2.21. The molecule has 3 rings (SSSR count). The Hall–Kier alpha value is -2.07. The number of hydrogen-bond acceptors (Lipinski definition) is 3. The third-order valence-corrected chi connectivity index (χ3v) is 4.63. The van der Waals surface area contributed by atoms with E-state index < -0.39 is 0 Å². The second-order valence-corrected chi connectivity index (χ2v) is 6.20. The van der Waals surface area contributed by atoms with Crippen molar-refractivity contribution in [2.75, 3.05) is 11.6 Å². The molecule has 0 spiro atoms. The van der Waals surface area contributed by atoms with Crippen molar-refractivity contribution in [1.82, 2.24) is 0 Å². The van der Waals surface area contributed by atoms with Gasteiger partial charge in [0.2, 0.25) is 5.91 Å². The fourth-order valence-electron chi connectivity index (χ4n) is 2.61. The third kappa shape index (κ3) is 3.07. The van der Waals surface area contributed by atoms with Crippen molar-refractivity contribution in [1.29, 1.82) is 0 Å². The number of nitrogens with zero attached hydrogens (tertiary/aromatic N) is 1. The Labute approximate surface area is 134 Å². The number of aryl methyl sites for hydroxylation is 1. The van der Waals surface area contributed by atoms with Crippen molar-refractivity contribution in [3.05, 3.63) is 64.7 Å². The number of fused-ring (bicyclic) bond motifs is 1. The highest BCUT2D eigenvalue weighted by molar-refractivity contribution is 8.07. The molecule has 0 saturated heterocycles. The molecule has 0 radical (unpaired) electrons. The lowest BCUT2D eigenvalue weighted by atomic mass is 10.1. The SMILES string of the molecule is CSC1=c2ccccc2=NC1CC(=O)Nc1ccc(C)cc1. The van der Waals surface area contributed by atoms with E-state index in [4.69, 9.17) is 0 Å². The minimum Gasteiger partial charge on any atom is -0.326 e. The van der Waals surface area contributed by atoms with Crippen LogP contribution in [0.15, 0.2) is 53.5 Å². The fourth-order valence-corrected chi connectivity index (χ4v) is 3.41. The zero-order chi connectivity index (χ0) is 15.5. The molecule has 1 aliphatic heterocycles. The molecule has 1 heterocycles. The highest BCUT2D eigenvalue weighted by atomic mass is 32.2. The highest BCUT2D eigenvalue weighted by Gasteiger charge is 2.21. The van der Waals surface area contributed by atoms with Crippen LogP contribution in [0.4, 0.5) is 5.69 Å². The third-order valence-electron chi connectivity index (χ3n) is 3.70. The number of rotatable bonds is 4. The van der Waals surface area contributed by atoms with Crippen LogP contribution in [-0.4, -0.2) is 18.2 Å². The number of nitrogens with one attached hydrogen (secondary N) is 1. The summed E-state index contributed by atoms with van der Waals surface area (Å²) in [6.07, 6.45) is 2.41. The van der Waals surface area contributed by atoms with Gasteiger partial charge in [-0.05, 0) is 31.4 Å². The Balaban J connectivity index is 1.75. The summed E-state index contributed by atoms with van der Waals surface area (Å²) in [5.41, 5.74) is 2.01. The summed E-state index contributed by atoms with van der Waals surface area (Å²) in [6, 6.07) is 15.8. The summed E-state index contributed by atoms with van der Waals surface area (Å²) in [5, 5.41) is 5.09. The summed E-state index contributed by atoms with van der Waals surface area (Å²) >= 11 is 1.68. The number of benzene rings is 2. The Kier molecular flexibility index (Phi) is 4.29. The molecule has 22 heavy (non-hydrogen) atoms. The van der Waals surface area contributed by atoms with E-state index in [1.165, 1.54) is 10.5 Å². The van der Waals surface area contributed by atoms with E-state index in [2.05, 4.69) is 16.4 Å². The molecule has 3 nitrogen and oxygen atoms in total. The first-order valence-corrected chi connectivity index (χ1v) is 8.47. The predicted octanol–water partition coefficient (Wildman–Crippen LogP) is 2.50. The maximum Gasteiger partial charge on any atom is 0.226 e. The molecule has 1 N–H and O–H groups in total. The number of para-hydroxylation sites is 1. The summed E-state index contributed by atoms with van der Waals surface area (Å²) in [6.45, 7) is 2.03. The summed E-state index contributed by atoms with van der Waals surface area (Å²) in [5.74, 6) is -0.00282. The molecule has 1 aliphatic rings. The molecule has 1 unspecified atom stereocenters. The molecule has 4 heteroatoms. The van der Waals surface area contributed by atoms with Gasteiger partial charge in [0.1, 0.15) is 0 Å². The average molecular weight is 310 g/mol. The van der Waals surface area contributed by atoms with E-state index >= 15 is 0 Å². The maximum absolute atomic E-state index is 12.3. The Morgan fingerprint density at radius 2 is 1.91 bits per heavy atom. The monoisotopic (exact) mass is 310 g/mol. The molecule has 1 atom stereocenters. The van der Waals surface area contributed by atoms with Crippen molar-refractivity contribution >= 4 is 28.3 Å². The van der Waals surface area contributed by atoms with Gasteiger partial charge in [-0.3, -0.25) is 9.79 Å². The van der Waals surface area contributed by atoms with Crippen LogP contribution >= 0.6 is 11.8 Å². The number of thioether (sulfide) groups is 1. The van der Waals surface area contributed by atoms with Crippen molar-refractivity contribution in [3.63, 3.8) is 0 Å². The van der Waals surface area contributed by atoms with Gasteiger partial charge in [0.25, 0.3) is 0 Å². The fraction of sp³-hybridized carbons (Fsp3) is 0.222. The molecule has 0 aromatic heterocycles. The molecule has 0 aliphatic carbocycles. The van der Waals surface area contributed by atoms with Gasteiger partial charge in [-0.2, -0.15) is 0 Å². The van der Waals surface area contributed by atoms with Crippen molar-refractivity contribution in [2.45, 2.75) is 19.4 Å². The first-order chi connectivity index (χ1) is 10.7. The Morgan fingerprint density at radius 1 is 1.18 bits per heavy atom. The number of amides is 1. The smallest absolute Gasteiger partial charge is 0.226 e. The molecule has 112 valence electrons. The van der Waals surface area contributed by atoms with Gasteiger partial charge in [-0.25, -0.2) is 0 Å². The average Bonchev–Trinajstić information content (AvgIpc) is 2.86. The lowest BCUT2D eigenvalue weighted by molar-refractivity contribution is -0.116. The molecule has 0 bridgehead atoms. The molecule has 2 aromatic carbocycles. The zero-order valence-corrected chi connectivity index (χ0v) is 13.5. The van der Waals surface area contributed by atoms with Crippen molar-refractivity contribution in [2.24, 2.45) is 4.99 Å². The first-order valence-electron chi connectivity index (χ1n) is 7.25. The van der Waals surface area contributed by atoms with Gasteiger partial charge in [0, 0.05) is 15.8 Å². The van der Waals surface area contributed by atoms with Gasteiger partial charge in [0.05, 0.1) is 17.8 Å². The molecular formula is C18H18N2OS. The van der Waals surface area contributed by atoms with Crippen LogP contribution in [0, 0.1) is 6.92 Å². The van der Waals surface area contributed by atoms with Gasteiger partial charge in [-0.15, -0.1) is 11.8 Å². The minimum absolute atomic E-state index is 0.00282. The van der Waals surface area contributed by atoms with Gasteiger partial charge < -0.3 is 5.32 Å². The van der Waals surface area contributed by atoms with Crippen molar-refractivity contribution < 1.29 is 4.79 Å². The van der Waals surface area contributed by atoms with Gasteiger partial charge >= 0.3 is 0 Å². The number of anilines is 1. The van der Waals surface area contributed by atoms with Crippen LogP contribution in [0.25, 0.3) is 4.91 Å². The number of carbonyl (C=O) groups excluding carboxylic acids is 1. The van der Waals surface area contributed by atoms with Gasteiger partial charge in [-0.1, -0.05) is 35.9 Å². The highest BCUT2D eigenvalue weighted by Crippen LogP contribution is 2.23. The van der Waals surface area contributed by atoms with Crippen LogP contribution in [0.1, 0.15) is 12.0 Å². The normalized spacial score (nSPS) is 16.1. The van der Waals surface area contributed by atoms with E-state index in [1.54, 1.807) is 11.8 Å². The molecule has 1 amide bonds. The van der Waals surface area contributed by atoms with E-state index in [0.29, 0.717) is 6.42 Å². The quantitative estimate of drug-likeness (QED) is 0.943. The van der Waals surface area contributed by atoms with E-state index in [0.717, 1.165) is 16.3 Å². The molecule has 0 saturated carbocycles. The van der Waals surface area contributed by atoms with Crippen LogP contribution in [0.2, 0.25) is 0 Å². The van der Waals surface area contributed by atoms with Crippen LogP contribution in [-0.2, 0) is 4.79 Å². The van der Waals surface area contributed by atoms with E-state index in [1.807, 2.05) is 55.6 Å². The van der Waals surface area contributed by atoms with Crippen LogP contribution in [0.3, 0.4) is 0 Å². The van der Waals surface area contributed by atoms with E-state index in [-0.39, 0.29) is 11.9 Å². The summed E-state index contributed by atoms with van der Waals surface area (Å²) in [4.78, 5) is 18.1. The topological polar surface area (TPSA) is 41.5 Å². The zero-order valence-electron chi connectivity index (χ0n) is 12.7. The number of hydrogen-bond donors (Lipinski definition) is 1. The standard InChI is InChI=1S/C18H18N2OS/c1-12-7-9-13(10-8-12)19-17(21)11-16-18(22-2)14-5-3-4-6-15(14)20-16/h3-10,16H,11H2,1-2H3,(H,19,21). The van der Waals surface area contributed by atoms with Crippen LogP contribution < -0.4 is 15.9 Å². The summed E-state index contributed by atoms with van der Waals surface area (Å²) < 4.78 is 0. The Bertz CT molecular complexity index is 812. The molecular weight excluding hydrogens is 292 g/mol. The molecule has 0 fully saturated rings. The van der Waals surface area contributed by atoms with E-state index in [9.17, 15) is 4.79 Å². The Morgan fingerprint density at radius 3 is 2.64 bits per heavy atom. The van der Waals surface area contributed by atoms with Gasteiger partial charge in [0.15, 0.2) is 0 Å². The second kappa shape index (κ2) is 6.36. The lowest BCUT2D eigenvalue weighted by Gasteiger charge is -2.11. The van der Waals surface area contributed by atoms with Crippen molar-refractivity contribution in [3.8, 4) is 0 Å². The minimum atomic E-state index is -0.0714. The molecule has 2 aromatic rings. The predicted molar refractivity (Wildman–Crippen MR) is 92.4 cm³/mol.